The van der Waals surface area contributed by atoms with Gasteiger partial charge in [0.2, 0.25) is 5.91 Å². The zero-order chi connectivity index (χ0) is 25.6. The quantitative estimate of drug-likeness (QED) is 0.573. The molecule has 0 spiro atoms. The highest BCUT2D eigenvalue weighted by Gasteiger charge is 2.33. The van der Waals surface area contributed by atoms with Crippen molar-refractivity contribution in [2.75, 3.05) is 50.7 Å². The summed E-state index contributed by atoms with van der Waals surface area (Å²) in [6.07, 6.45) is -0.746. The van der Waals surface area contributed by atoms with Crippen molar-refractivity contribution in [1.29, 1.82) is 0 Å². The fourth-order valence-electron chi connectivity index (χ4n) is 4.87. The van der Waals surface area contributed by atoms with Crippen LogP contribution in [0.25, 0.3) is 0 Å². The number of nitrogens with one attached hydrogen (secondary N) is 1. The lowest BCUT2D eigenvalue weighted by molar-refractivity contribution is -0.130. The first kappa shape index (κ1) is 24.8. The smallest absolute Gasteiger partial charge is 0.318 e. The summed E-state index contributed by atoms with van der Waals surface area (Å²) in [6, 6.07) is 25.7. The van der Waals surface area contributed by atoms with Crippen LogP contribution in [0, 0.1) is 5.82 Å². The van der Waals surface area contributed by atoms with Crippen molar-refractivity contribution >= 4 is 17.6 Å². The number of rotatable bonds is 5. The molecule has 5 rings (SSSR count). The topological polar surface area (TPSA) is 65.1 Å². The van der Waals surface area contributed by atoms with E-state index in [0.29, 0.717) is 26.2 Å². The Hall–Kier alpha value is -3.91. The normalized spacial score (nSPS) is 20.0. The molecule has 192 valence electrons. The van der Waals surface area contributed by atoms with Gasteiger partial charge in [-0.05, 0) is 35.4 Å². The molecule has 0 aliphatic carbocycles. The molecule has 0 saturated carbocycles. The Morgan fingerprint density at radius 3 is 1.95 bits per heavy atom. The van der Waals surface area contributed by atoms with Gasteiger partial charge in [-0.2, -0.15) is 0 Å². The number of carbonyl (C=O) groups excluding carboxylic acids is 2. The Labute approximate surface area is 216 Å². The number of hydrogen-bond donors (Lipinski definition) is 1. The molecule has 2 fully saturated rings. The van der Waals surface area contributed by atoms with Crippen molar-refractivity contribution in [3.05, 3.63) is 102 Å². The number of carbonyl (C=O) groups is 2. The lowest BCUT2D eigenvalue weighted by Crippen LogP contribution is -2.53. The first-order valence-corrected chi connectivity index (χ1v) is 12.6. The number of halogens is 1. The SMILES string of the molecule is O=C(CNC(=O)N1CC(c2ccccc2)OC(c2ccc(F)cc2)C1)N1CCN(c2ccccc2)CC1. The summed E-state index contributed by atoms with van der Waals surface area (Å²) >= 11 is 0. The van der Waals surface area contributed by atoms with Crippen LogP contribution in [0.4, 0.5) is 14.9 Å². The molecular formula is C29H31FN4O3. The minimum Gasteiger partial charge on any atom is -0.368 e. The van der Waals surface area contributed by atoms with Gasteiger partial charge in [-0.3, -0.25) is 4.79 Å². The number of benzene rings is 3. The Morgan fingerprint density at radius 2 is 1.32 bits per heavy atom. The highest BCUT2D eigenvalue weighted by molar-refractivity contribution is 5.84. The fraction of sp³-hybridized carbons (Fsp3) is 0.310. The monoisotopic (exact) mass is 502 g/mol. The van der Waals surface area contributed by atoms with E-state index in [0.717, 1.165) is 29.9 Å². The van der Waals surface area contributed by atoms with Gasteiger partial charge in [0.15, 0.2) is 0 Å². The van der Waals surface area contributed by atoms with Crippen molar-refractivity contribution in [2.45, 2.75) is 12.2 Å². The highest BCUT2D eigenvalue weighted by atomic mass is 19.1. The van der Waals surface area contributed by atoms with E-state index in [1.54, 1.807) is 21.9 Å². The first-order chi connectivity index (χ1) is 18.1. The number of ether oxygens (including phenoxy) is 1. The lowest BCUT2D eigenvalue weighted by atomic mass is 10.0. The van der Waals surface area contributed by atoms with Crippen molar-refractivity contribution in [1.82, 2.24) is 15.1 Å². The summed E-state index contributed by atoms with van der Waals surface area (Å²) < 4.78 is 19.8. The summed E-state index contributed by atoms with van der Waals surface area (Å²) in [5, 5.41) is 2.81. The number of amides is 3. The van der Waals surface area contributed by atoms with Crippen LogP contribution in [-0.4, -0.2) is 67.6 Å². The summed E-state index contributed by atoms with van der Waals surface area (Å²) in [4.78, 5) is 31.7. The van der Waals surface area contributed by atoms with E-state index in [2.05, 4.69) is 22.3 Å². The second-order valence-electron chi connectivity index (χ2n) is 9.34. The largest absolute Gasteiger partial charge is 0.368 e. The molecule has 2 aliphatic heterocycles. The third kappa shape index (κ3) is 6.09. The van der Waals surface area contributed by atoms with Crippen LogP contribution >= 0.6 is 0 Å². The Bertz CT molecular complexity index is 1180. The predicted molar refractivity (Wildman–Crippen MR) is 140 cm³/mol. The summed E-state index contributed by atoms with van der Waals surface area (Å²) in [7, 11) is 0. The van der Waals surface area contributed by atoms with E-state index in [1.165, 1.54) is 12.1 Å². The number of morpholine rings is 1. The second kappa shape index (κ2) is 11.4. The van der Waals surface area contributed by atoms with Crippen molar-refractivity contribution < 1.29 is 18.7 Å². The average Bonchev–Trinajstić information content (AvgIpc) is 2.97. The van der Waals surface area contributed by atoms with Gasteiger partial charge in [-0.15, -0.1) is 0 Å². The molecule has 2 unspecified atom stereocenters. The number of piperazine rings is 1. The molecule has 2 aliphatic rings. The standard InChI is InChI=1S/C29H31FN4O3/c30-24-13-11-23(12-14-24)27-21-34(20-26(37-27)22-7-3-1-4-8-22)29(36)31-19-28(35)33-17-15-32(16-18-33)25-9-5-2-6-10-25/h1-14,26-27H,15-21H2,(H,31,36). The lowest BCUT2D eigenvalue weighted by Gasteiger charge is -2.39. The predicted octanol–water partition coefficient (Wildman–Crippen LogP) is 4.00. The Morgan fingerprint density at radius 1 is 0.757 bits per heavy atom. The molecule has 0 aromatic heterocycles. The second-order valence-corrected chi connectivity index (χ2v) is 9.34. The molecule has 3 aromatic carbocycles. The number of urea groups is 1. The van der Waals surface area contributed by atoms with Gasteiger partial charge in [0.25, 0.3) is 0 Å². The van der Waals surface area contributed by atoms with Gasteiger partial charge in [0.05, 0.1) is 19.6 Å². The van der Waals surface area contributed by atoms with E-state index >= 15 is 0 Å². The minimum absolute atomic E-state index is 0.0568. The van der Waals surface area contributed by atoms with Crippen LogP contribution in [-0.2, 0) is 9.53 Å². The maximum absolute atomic E-state index is 13.5. The molecular weight excluding hydrogens is 471 g/mol. The van der Waals surface area contributed by atoms with Crippen molar-refractivity contribution in [3.63, 3.8) is 0 Å². The van der Waals surface area contributed by atoms with E-state index in [9.17, 15) is 14.0 Å². The van der Waals surface area contributed by atoms with Crippen LogP contribution in [0.1, 0.15) is 23.3 Å². The molecule has 37 heavy (non-hydrogen) atoms. The molecule has 3 amide bonds. The van der Waals surface area contributed by atoms with Crippen molar-refractivity contribution in [2.24, 2.45) is 0 Å². The zero-order valence-corrected chi connectivity index (χ0v) is 20.6. The number of nitrogens with zero attached hydrogens (tertiary/aromatic N) is 3. The zero-order valence-electron chi connectivity index (χ0n) is 20.6. The maximum Gasteiger partial charge on any atom is 0.318 e. The molecule has 3 aromatic rings. The van der Waals surface area contributed by atoms with Gasteiger partial charge < -0.3 is 24.8 Å². The fourth-order valence-corrected chi connectivity index (χ4v) is 4.87. The summed E-state index contributed by atoms with van der Waals surface area (Å²) in [6.45, 7) is 3.35. The van der Waals surface area contributed by atoms with Gasteiger partial charge in [0, 0.05) is 31.9 Å². The molecule has 1 N–H and O–H groups in total. The third-order valence-electron chi connectivity index (χ3n) is 6.95. The van der Waals surface area contributed by atoms with Crippen LogP contribution < -0.4 is 10.2 Å². The average molecular weight is 503 g/mol. The van der Waals surface area contributed by atoms with Crippen LogP contribution in [0.5, 0.6) is 0 Å². The molecule has 7 nitrogen and oxygen atoms in total. The summed E-state index contributed by atoms with van der Waals surface area (Å²) in [5.74, 6) is -0.416. The Balaban J connectivity index is 1.19. The van der Waals surface area contributed by atoms with Gasteiger partial charge >= 0.3 is 6.03 Å². The molecule has 0 bridgehead atoms. The molecule has 2 atom stereocenters. The number of anilines is 1. The van der Waals surface area contributed by atoms with Gasteiger partial charge in [0.1, 0.15) is 18.0 Å². The van der Waals surface area contributed by atoms with Gasteiger partial charge in [-0.1, -0.05) is 60.7 Å². The van der Waals surface area contributed by atoms with E-state index in [-0.39, 0.29) is 30.4 Å². The maximum atomic E-state index is 13.5. The van der Waals surface area contributed by atoms with E-state index < -0.39 is 6.10 Å². The molecule has 0 radical (unpaired) electrons. The Kier molecular flexibility index (Phi) is 7.65. The van der Waals surface area contributed by atoms with Gasteiger partial charge in [-0.25, -0.2) is 9.18 Å². The minimum atomic E-state index is -0.410. The molecule has 8 heteroatoms. The molecule has 2 saturated heterocycles. The number of hydrogen-bond acceptors (Lipinski definition) is 4. The van der Waals surface area contributed by atoms with Crippen LogP contribution in [0.3, 0.4) is 0 Å². The molecule has 2 heterocycles. The van der Waals surface area contributed by atoms with E-state index in [4.69, 9.17) is 4.74 Å². The first-order valence-electron chi connectivity index (χ1n) is 12.6. The third-order valence-corrected chi connectivity index (χ3v) is 6.95. The number of para-hydroxylation sites is 1. The van der Waals surface area contributed by atoms with Crippen LogP contribution in [0.2, 0.25) is 0 Å². The highest BCUT2D eigenvalue weighted by Crippen LogP contribution is 2.33. The van der Waals surface area contributed by atoms with Crippen LogP contribution in [0.15, 0.2) is 84.9 Å². The van der Waals surface area contributed by atoms with E-state index in [1.807, 2.05) is 48.5 Å². The summed E-state index contributed by atoms with van der Waals surface area (Å²) in [5.41, 5.74) is 2.91. The van der Waals surface area contributed by atoms with Crippen molar-refractivity contribution in [3.8, 4) is 0 Å².